The first-order valence-corrected chi connectivity index (χ1v) is 9.07. The first-order chi connectivity index (χ1) is 12.8. The van der Waals surface area contributed by atoms with Gasteiger partial charge in [-0.1, -0.05) is 0 Å². The number of ether oxygens (including phenoxy) is 3. The van der Waals surface area contributed by atoms with Crippen LogP contribution in [0.3, 0.4) is 0 Å². The van der Waals surface area contributed by atoms with Crippen LogP contribution in [0.5, 0.6) is 17.2 Å². The summed E-state index contributed by atoms with van der Waals surface area (Å²) in [7, 11) is 0. The summed E-state index contributed by atoms with van der Waals surface area (Å²) in [6, 6.07) is 13.6. The third-order valence-electron chi connectivity index (χ3n) is 3.74. The lowest BCUT2D eigenvalue weighted by Gasteiger charge is -2.03. The Bertz CT molecular complexity index is 922. The minimum atomic E-state index is 0.265. The lowest BCUT2D eigenvalue weighted by atomic mass is 10.2. The molecule has 2 aromatic carbocycles. The smallest absolute Gasteiger partial charge is 0.231 e. The van der Waals surface area contributed by atoms with Gasteiger partial charge in [-0.05, 0) is 55.0 Å². The summed E-state index contributed by atoms with van der Waals surface area (Å²) in [5, 5.41) is 6.96. The van der Waals surface area contributed by atoms with Crippen molar-refractivity contribution in [2.75, 3.05) is 18.8 Å². The molecule has 1 N–H and O–H groups in total. The molecule has 132 valence electrons. The second kappa shape index (κ2) is 7.45. The van der Waals surface area contributed by atoms with Gasteiger partial charge in [0.1, 0.15) is 5.75 Å². The molecule has 1 aromatic heterocycles. The molecule has 0 atom stereocenters. The summed E-state index contributed by atoms with van der Waals surface area (Å²) >= 11 is 1.50. The molecule has 0 unspecified atom stereocenters. The average Bonchev–Trinajstić information content (AvgIpc) is 3.32. The highest BCUT2D eigenvalue weighted by Gasteiger charge is 2.12. The molecule has 2 heterocycles. The van der Waals surface area contributed by atoms with E-state index in [0.29, 0.717) is 6.61 Å². The van der Waals surface area contributed by atoms with Gasteiger partial charge in [-0.25, -0.2) is 4.98 Å². The first kappa shape index (κ1) is 16.4. The molecule has 1 aliphatic rings. The van der Waals surface area contributed by atoms with Crippen LogP contribution in [0.1, 0.15) is 12.5 Å². The van der Waals surface area contributed by atoms with Gasteiger partial charge in [0, 0.05) is 10.9 Å². The second-order valence-electron chi connectivity index (χ2n) is 5.48. The van der Waals surface area contributed by atoms with E-state index in [0.717, 1.165) is 39.2 Å². The fraction of sp³-hybridized carbons (Fsp3) is 0.158. The minimum absolute atomic E-state index is 0.265. The summed E-state index contributed by atoms with van der Waals surface area (Å²) in [4.78, 5) is 4.55. The van der Waals surface area contributed by atoms with Crippen molar-refractivity contribution in [3.8, 4) is 28.5 Å². The summed E-state index contributed by atoms with van der Waals surface area (Å²) in [5.74, 6) is 2.36. The van der Waals surface area contributed by atoms with Crippen molar-refractivity contribution < 1.29 is 14.2 Å². The molecule has 0 saturated heterocycles. The molecule has 0 amide bonds. The van der Waals surface area contributed by atoms with E-state index >= 15 is 0 Å². The number of nitrogens with one attached hydrogen (secondary N) is 1. The maximum atomic E-state index is 5.46. The van der Waals surface area contributed by atoms with Crippen molar-refractivity contribution in [3.05, 3.63) is 53.4 Å². The van der Waals surface area contributed by atoms with Gasteiger partial charge < -0.3 is 14.2 Å². The Morgan fingerprint density at radius 1 is 1.19 bits per heavy atom. The molecule has 4 rings (SSSR count). The molecule has 0 aliphatic carbocycles. The molecular formula is C19H17N3O3S. The lowest BCUT2D eigenvalue weighted by molar-refractivity contribution is 0.174. The molecule has 1 aliphatic heterocycles. The maximum Gasteiger partial charge on any atom is 0.231 e. The number of aromatic nitrogens is 1. The van der Waals surface area contributed by atoms with E-state index in [9.17, 15) is 0 Å². The van der Waals surface area contributed by atoms with Crippen LogP contribution in [-0.4, -0.2) is 24.6 Å². The molecule has 3 aromatic rings. The van der Waals surface area contributed by atoms with Crippen LogP contribution in [0, 0.1) is 0 Å². The van der Waals surface area contributed by atoms with Crippen LogP contribution in [0.4, 0.5) is 5.13 Å². The molecule has 0 fully saturated rings. The van der Waals surface area contributed by atoms with Crippen molar-refractivity contribution in [3.63, 3.8) is 0 Å². The van der Waals surface area contributed by atoms with Crippen LogP contribution < -0.4 is 19.6 Å². The molecule has 7 heteroatoms. The van der Waals surface area contributed by atoms with Crippen LogP contribution in [-0.2, 0) is 0 Å². The van der Waals surface area contributed by atoms with Gasteiger partial charge in [-0.15, -0.1) is 11.3 Å². The highest BCUT2D eigenvalue weighted by atomic mass is 32.1. The quantitative estimate of drug-likeness (QED) is 0.517. The Balaban J connectivity index is 1.40. The van der Waals surface area contributed by atoms with Crippen LogP contribution >= 0.6 is 11.3 Å². The number of nitrogens with zero attached hydrogens (tertiary/aromatic N) is 2. The van der Waals surface area contributed by atoms with Crippen LogP contribution in [0.15, 0.2) is 52.9 Å². The van der Waals surface area contributed by atoms with E-state index in [1.54, 1.807) is 6.21 Å². The number of anilines is 1. The Morgan fingerprint density at radius 3 is 2.88 bits per heavy atom. The van der Waals surface area contributed by atoms with Gasteiger partial charge in [0.05, 0.1) is 18.5 Å². The SMILES string of the molecule is CCOc1ccc(-c2csc(N/N=C/c3ccc4c(c3)OCO4)n2)cc1. The maximum absolute atomic E-state index is 5.46. The fourth-order valence-corrected chi connectivity index (χ4v) is 3.17. The largest absolute Gasteiger partial charge is 0.494 e. The van der Waals surface area contributed by atoms with E-state index in [2.05, 4.69) is 15.5 Å². The zero-order chi connectivity index (χ0) is 17.8. The van der Waals surface area contributed by atoms with E-state index in [4.69, 9.17) is 14.2 Å². The highest BCUT2D eigenvalue weighted by Crippen LogP contribution is 2.32. The number of hydrogen-bond donors (Lipinski definition) is 1. The van der Waals surface area contributed by atoms with Crippen molar-refractivity contribution in [1.82, 2.24) is 4.98 Å². The van der Waals surface area contributed by atoms with Crippen molar-refractivity contribution in [2.45, 2.75) is 6.92 Å². The second-order valence-corrected chi connectivity index (χ2v) is 6.34. The third kappa shape index (κ3) is 3.62. The summed E-state index contributed by atoms with van der Waals surface area (Å²) in [6.45, 7) is 2.89. The number of thiazole rings is 1. The summed E-state index contributed by atoms with van der Waals surface area (Å²) < 4.78 is 16.1. The van der Waals surface area contributed by atoms with E-state index in [-0.39, 0.29) is 6.79 Å². The molecular weight excluding hydrogens is 350 g/mol. The third-order valence-corrected chi connectivity index (χ3v) is 4.48. The van der Waals surface area contributed by atoms with Gasteiger partial charge >= 0.3 is 0 Å². The Morgan fingerprint density at radius 2 is 2.04 bits per heavy atom. The molecule has 26 heavy (non-hydrogen) atoms. The topological polar surface area (TPSA) is 65.0 Å². The zero-order valence-electron chi connectivity index (χ0n) is 14.1. The number of hydrogen-bond acceptors (Lipinski definition) is 7. The number of fused-ring (bicyclic) bond motifs is 1. The first-order valence-electron chi connectivity index (χ1n) is 8.19. The van der Waals surface area contributed by atoms with Gasteiger partial charge in [0.2, 0.25) is 11.9 Å². The summed E-state index contributed by atoms with van der Waals surface area (Å²) in [5.41, 5.74) is 5.83. The molecule has 6 nitrogen and oxygen atoms in total. The van der Waals surface area contributed by atoms with Crippen molar-refractivity contribution in [2.24, 2.45) is 5.10 Å². The highest BCUT2D eigenvalue weighted by molar-refractivity contribution is 7.14. The van der Waals surface area contributed by atoms with Crippen molar-refractivity contribution >= 4 is 22.7 Å². The summed E-state index contributed by atoms with van der Waals surface area (Å²) in [6.07, 6.45) is 1.72. The monoisotopic (exact) mass is 367 g/mol. The van der Waals surface area contributed by atoms with Crippen LogP contribution in [0.25, 0.3) is 11.3 Å². The standard InChI is InChI=1S/C19H17N3O3S/c1-2-23-15-6-4-14(5-7-15)16-11-26-19(21-16)22-20-10-13-3-8-17-18(9-13)25-12-24-17/h3-11H,2,12H2,1H3,(H,21,22)/b20-10+. The van der Waals surface area contributed by atoms with Crippen molar-refractivity contribution in [1.29, 1.82) is 0 Å². The van der Waals surface area contributed by atoms with E-state index < -0.39 is 0 Å². The Hall–Kier alpha value is -3.06. The molecule has 0 bridgehead atoms. The minimum Gasteiger partial charge on any atom is -0.494 e. The zero-order valence-corrected chi connectivity index (χ0v) is 15.0. The van der Waals surface area contributed by atoms with Gasteiger partial charge in [0.15, 0.2) is 11.5 Å². The molecule has 0 saturated carbocycles. The molecule has 0 radical (unpaired) electrons. The predicted molar refractivity (Wildman–Crippen MR) is 103 cm³/mol. The average molecular weight is 367 g/mol. The van der Waals surface area contributed by atoms with Crippen LogP contribution in [0.2, 0.25) is 0 Å². The van der Waals surface area contributed by atoms with E-state index in [1.807, 2.05) is 54.8 Å². The lowest BCUT2D eigenvalue weighted by Crippen LogP contribution is -1.93. The van der Waals surface area contributed by atoms with E-state index in [1.165, 1.54) is 11.3 Å². The number of hydrazone groups is 1. The number of benzene rings is 2. The Kier molecular flexibility index (Phi) is 4.70. The van der Waals surface area contributed by atoms with Gasteiger partial charge in [0.25, 0.3) is 0 Å². The predicted octanol–water partition coefficient (Wildman–Crippen LogP) is 4.38. The van der Waals surface area contributed by atoms with Gasteiger partial charge in [-0.3, -0.25) is 5.43 Å². The number of rotatable bonds is 6. The molecule has 0 spiro atoms. The Labute approximate surface area is 155 Å². The fourth-order valence-electron chi connectivity index (χ4n) is 2.50. The normalized spacial score (nSPS) is 12.5. The van der Waals surface area contributed by atoms with Gasteiger partial charge in [-0.2, -0.15) is 5.10 Å².